The molecule has 1 fully saturated rings. The molecule has 1 aromatic rings. The molecule has 1 heterocycles. The summed E-state index contributed by atoms with van der Waals surface area (Å²) in [6.45, 7) is 0.371. The number of likely N-dealkylation sites (N-methyl/N-ethyl adjacent to an activating group) is 1. The van der Waals surface area contributed by atoms with Crippen LogP contribution in [-0.4, -0.2) is 25.4 Å². The SMILES string of the molecule is CNC(=O)C1(c2ccccc2)CNC(=O)C1. The fourth-order valence-electron chi connectivity index (χ4n) is 2.14. The van der Waals surface area contributed by atoms with Crippen LogP contribution < -0.4 is 10.6 Å². The van der Waals surface area contributed by atoms with E-state index in [1.165, 1.54) is 0 Å². The van der Waals surface area contributed by atoms with E-state index in [0.717, 1.165) is 5.56 Å². The van der Waals surface area contributed by atoms with Gasteiger partial charge in [-0.2, -0.15) is 0 Å². The third kappa shape index (κ3) is 1.56. The molecular weight excluding hydrogens is 204 g/mol. The summed E-state index contributed by atoms with van der Waals surface area (Å²) in [4.78, 5) is 23.3. The fraction of sp³-hybridized carbons (Fsp3) is 0.333. The van der Waals surface area contributed by atoms with Gasteiger partial charge in [0.05, 0.1) is 5.41 Å². The number of nitrogens with one attached hydrogen (secondary N) is 2. The Hall–Kier alpha value is -1.84. The number of amides is 2. The minimum atomic E-state index is -0.743. The van der Waals surface area contributed by atoms with Crippen molar-refractivity contribution >= 4 is 11.8 Å². The highest BCUT2D eigenvalue weighted by atomic mass is 16.2. The van der Waals surface area contributed by atoms with Crippen LogP contribution in [0, 0.1) is 0 Å². The molecule has 0 radical (unpaired) electrons. The van der Waals surface area contributed by atoms with Crippen LogP contribution in [0.15, 0.2) is 30.3 Å². The van der Waals surface area contributed by atoms with Crippen LogP contribution in [0.2, 0.25) is 0 Å². The molecule has 16 heavy (non-hydrogen) atoms. The zero-order valence-corrected chi connectivity index (χ0v) is 9.12. The Kier molecular flexibility index (Phi) is 2.64. The number of benzene rings is 1. The van der Waals surface area contributed by atoms with E-state index in [1.807, 2.05) is 30.3 Å². The average molecular weight is 218 g/mol. The van der Waals surface area contributed by atoms with Gasteiger partial charge in [-0.3, -0.25) is 9.59 Å². The van der Waals surface area contributed by atoms with Gasteiger partial charge in [0.2, 0.25) is 11.8 Å². The number of hydrogen-bond acceptors (Lipinski definition) is 2. The van der Waals surface area contributed by atoms with Gasteiger partial charge >= 0.3 is 0 Å². The molecule has 2 N–H and O–H groups in total. The van der Waals surface area contributed by atoms with Crippen LogP contribution in [0.25, 0.3) is 0 Å². The lowest BCUT2D eigenvalue weighted by Gasteiger charge is -2.25. The van der Waals surface area contributed by atoms with Crippen molar-refractivity contribution in [3.63, 3.8) is 0 Å². The Morgan fingerprint density at radius 3 is 2.56 bits per heavy atom. The molecule has 1 unspecified atom stereocenters. The first-order valence-corrected chi connectivity index (χ1v) is 5.23. The van der Waals surface area contributed by atoms with Crippen molar-refractivity contribution in [2.24, 2.45) is 0 Å². The molecule has 2 amide bonds. The highest BCUT2D eigenvalue weighted by Crippen LogP contribution is 2.31. The van der Waals surface area contributed by atoms with Crippen LogP contribution in [0.5, 0.6) is 0 Å². The lowest BCUT2D eigenvalue weighted by molar-refractivity contribution is -0.127. The molecule has 84 valence electrons. The van der Waals surface area contributed by atoms with Gasteiger partial charge in [0.15, 0.2) is 0 Å². The van der Waals surface area contributed by atoms with E-state index in [-0.39, 0.29) is 18.2 Å². The van der Waals surface area contributed by atoms with E-state index in [2.05, 4.69) is 10.6 Å². The summed E-state index contributed by atoms with van der Waals surface area (Å²) >= 11 is 0. The van der Waals surface area contributed by atoms with Crippen molar-refractivity contribution in [1.82, 2.24) is 10.6 Å². The maximum Gasteiger partial charge on any atom is 0.232 e. The summed E-state index contributed by atoms with van der Waals surface area (Å²) in [6.07, 6.45) is 0.219. The largest absolute Gasteiger partial charge is 0.358 e. The fourth-order valence-corrected chi connectivity index (χ4v) is 2.14. The summed E-state index contributed by atoms with van der Waals surface area (Å²) in [7, 11) is 1.59. The highest BCUT2D eigenvalue weighted by Gasteiger charge is 2.45. The second kappa shape index (κ2) is 3.96. The van der Waals surface area contributed by atoms with Crippen LogP contribution in [0.1, 0.15) is 12.0 Å². The van der Waals surface area contributed by atoms with E-state index in [9.17, 15) is 9.59 Å². The van der Waals surface area contributed by atoms with Crippen LogP contribution in [0.3, 0.4) is 0 Å². The summed E-state index contributed by atoms with van der Waals surface area (Å²) in [5.74, 6) is -0.190. The minimum absolute atomic E-state index is 0.0764. The zero-order chi connectivity index (χ0) is 11.6. The van der Waals surface area contributed by atoms with Gasteiger partial charge in [0.1, 0.15) is 0 Å². The van der Waals surface area contributed by atoms with Gasteiger partial charge in [0, 0.05) is 20.0 Å². The van der Waals surface area contributed by atoms with E-state index < -0.39 is 5.41 Å². The first-order valence-electron chi connectivity index (χ1n) is 5.23. The van der Waals surface area contributed by atoms with Crippen molar-refractivity contribution in [2.75, 3.05) is 13.6 Å². The second-order valence-electron chi connectivity index (χ2n) is 3.98. The molecule has 1 aliphatic rings. The maximum absolute atomic E-state index is 12.0. The molecule has 0 aliphatic carbocycles. The summed E-state index contributed by atoms with van der Waals surface area (Å²) in [5, 5.41) is 5.36. The van der Waals surface area contributed by atoms with Gasteiger partial charge in [-0.05, 0) is 5.56 Å². The molecule has 1 aromatic carbocycles. The Balaban J connectivity index is 2.44. The third-order valence-corrected chi connectivity index (χ3v) is 3.04. The Morgan fingerprint density at radius 2 is 2.06 bits per heavy atom. The first kappa shape index (κ1) is 10.7. The quantitative estimate of drug-likeness (QED) is 0.744. The number of hydrogen-bond donors (Lipinski definition) is 2. The number of rotatable bonds is 2. The lowest BCUT2D eigenvalue weighted by atomic mass is 9.78. The minimum Gasteiger partial charge on any atom is -0.358 e. The molecular formula is C12H14N2O2. The van der Waals surface area contributed by atoms with Gasteiger partial charge in [0.25, 0.3) is 0 Å². The van der Waals surface area contributed by atoms with Gasteiger partial charge in [-0.1, -0.05) is 30.3 Å². The molecule has 0 saturated carbocycles. The summed E-state index contributed by atoms with van der Waals surface area (Å²) < 4.78 is 0. The summed E-state index contributed by atoms with van der Waals surface area (Å²) in [6, 6.07) is 9.42. The maximum atomic E-state index is 12.0. The van der Waals surface area contributed by atoms with Crippen LogP contribution in [0.4, 0.5) is 0 Å². The Bertz CT molecular complexity index is 416. The third-order valence-electron chi connectivity index (χ3n) is 3.04. The normalized spacial score (nSPS) is 23.9. The highest BCUT2D eigenvalue weighted by molar-refractivity contribution is 5.96. The van der Waals surface area contributed by atoms with Crippen molar-refractivity contribution < 1.29 is 9.59 Å². The monoisotopic (exact) mass is 218 g/mol. The molecule has 0 bridgehead atoms. The number of carbonyl (C=O) groups excluding carboxylic acids is 2. The smallest absolute Gasteiger partial charge is 0.232 e. The van der Waals surface area contributed by atoms with E-state index in [0.29, 0.717) is 6.54 Å². The summed E-state index contributed by atoms with van der Waals surface area (Å²) in [5.41, 5.74) is 0.139. The van der Waals surface area contributed by atoms with Crippen LogP contribution >= 0.6 is 0 Å². The average Bonchev–Trinajstić information content (AvgIpc) is 2.73. The molecule has 1 atom stereocenters. The molecule has 0 aromatic heterocycles. The van der Waals surface area contributed by atoms with Crippen molar-refractivity contribution in [2.45, 2.75) is 11.8 Å². The Labute approximate surface area is 94.0 Å². The molecule has 4 heteroatoms. The topological polar surface area (TPSA) is 58.2 Å². The molecule has 1 aliphatic heterocycles. The van der Waals surface area contributed by atoms with E-state index in [4.69, 9.17) is 0 Å². The van der Waals surface area contributed by atoms with Crippen molar-refractivity contribution in [1.29, 1.82) is 0 Å². The number of carbonyl (C=O) groups is 2. The molecule has 1 saturated heterocycles. The lowest BCUT2D eigenvalue weighted by Crippen LogP contribution is -2.44. The Morgan fingerprint density at radius 1 is 1.38 bits per heavy atom. The molecule has 4 nitrogen and oxygen atoms in total. The van der Waals surface area contributed by atoms with E-state index in [1.54, 1.807) is 7.05 Å². The predicted molar refractivity (Wildman–Crippen MR) is 59.8 cm³/mol. The first-order chi connectivity index (χ1) is 7.69. The van der Waals surface area contributed by atoms with Gasteiger partial charge in [-0.25, -0.2) is 0 Å². The van der Waals surface area contributed by atoms with Crippen molar-refractivity contribution in [3.8, 4) is 0 Å². The van der Waals surface area contributed by atoms with Gasteiger partial charge < -0.3 is 10.6 Å². The molecule has 2 rings (SSSR count). The van der Waals surface area contributed by atoms with Gasteiger partial charge in [-0.15, -0.1) is 0 Å². The van der Waals surface area contributed by atoms with Crippen LogP contribution in [-0.2, 0) is 15.0 Å². The van der Waals surface area contributed by atoms with E-state index >= 15 is 0 Å². The van der Waals surface area contributed by atoms with Crippen molar-refractivity contribution in [3.05, 3.63) is 35.9 Å². The standard InChI is InChI=1S/C12H14N2O2/c1-13-11(16)12(7-10(15)14-8-12)9-5-3-2-4-6-9/h2-6H,7-8H2,1H3,(H,13,16)(H,14,15). The molecule has 0 spiro atoms. The predicted octanol–water partition coefficient (Wildman–Crippen LogP) is 0.190. The zero-order valence-electron chi connectivity index (χ0n) is 9.12. The second-order valence-corrected chi connectivity index (χ2v) is 3.98.